The maximum atomic E-state index is 12.7. The number of benzene rings is 1. The number of hydrogen-bond acceptors (Lipinski definition) is 3. The second kappa shape index (κ2) is 4.18. The van der Waals surface area contributed by atoms with Crippen LogP contribution in [0.5, 0.6) is 0 Å². The van der Waals surface area contributed by atoms with Crippen LogP contribution >= 0.6 is 15.9 Å². The Morgan fingerprint density at radius 2 is 2.10 bits per heavy atom. The van der Waals surface area contributed by atoms with Gasteiger partial charge < -0.3 is 14.7 Å². The maximum absolute atomic E-state index is 12.7. The van der Waals surface area contributed by atoms with E-state index in [0.29, 0.717) is 6.54 Å². The number of aliphatic carboxylic acids is 1. The third kappa shape index (κ3) is 1.66. The minimum absolute atomic E-state index is 0.170. The Bertz CT molecular complexity index is 671. The molecule has 0 aromatic heterocycles. The average Bonchev–Trinajstić information content (AvgIpc) is 3.08. The molecule has 3 aliphatic heterocycles. The lowest BCUT2D eigenvalue weighted by Crippen LogP contribution is -2.39. The Balaban J connectivity index is 1.73. The van der Waals surface area contributed by atoms with Gasteiger partial charge in [0, 0.05) is 10.2 Å². The Morgan fingerprint density at radius 3 is 2.76 bits per heavy atom. The highest BCUT2D eigenvalue weighted by atomic mass is 79.9. The SMILES string of the molecule is O=C(O)[C@H]1[C@H]2C(=O)N(c3ccc(Br)cc3)C[C@]23C=C[C@H]1O3. The molecule has 4 atom stereocenters. The van der Waals surface area contributed by atoms with Crippen molar-refractivity contribution in [3.05, 3.63) is 40.9 Å². The summed E-state index contributed by atoms with van der Waals surface area (Å²) < 4.78 is 6.77. The largest absolute Gasteiger partial charge is 0.481 e. The molecule has 108 valence electrons. The predicted octanol–water partition coefficient (Wildman–Crippen LogP) is 1.82. The first-order valence-corrected chi connectivity index (χ1v) is 7.48. The van der Waals surface area contributed by atoms with Gasteiger partial charge in [-0.25, -0.2) is 0 Å². The number of hydrogen-bond donors (Lipinski definition) is 1. The van der Waals surface area contributed by atoms with E-state index in [0.717, 1.165) is 10.2 Å². The normalized spacial score (nSPS) is 36.3. The summed E-state index contributed by atoms with van der Waals surface area (Å²) in [5.41, 5.74) is -0.0192. The molecule has 2 saturated heterocycles. The molecule has 4 rings (SSSR count). The highest BCUT2D eigenvalue weighted by Crippen LogP contribution is 2.52. The number of amides is 1. The molecule has 1 aromatic rings. The number of nitrogens with zero attached hydrogens (tertiary/aromatic N) is 1. The molecule has 1 aromatic carbocycles. The van der Waals surface area contributed by atoms with E-state index in [9.17, 15) is 14.7 Å². The molecule has 0 unspecified atom stereocenters. The van der Waals surface area contributed by atoms with Gasteiger partial charge in [0.1, 0.15) is 11.5 Å². The Labute approximate surface area is 129 Å². The van der Waals surface area contributed by atoms with E-state index in [2.05, 4.69) is 15.9 Å². The lowest BCUT2D eigenvalue weighted by molar-refractivity contribution is -0.146. The number of halogens is 1. The summed E-state index contributed by atoms with van der Waals surface area (Å²) in [5.74, 6) is -2.56. The molecular weight excluding hydrogens is 338 g/mol. The summed E-state index contributed by atoms with van der Waals surface area (Å²) in [7, 11) is 0. The highest BCUT2D eigenvalue weighted by Gasteiger charge is 2.67. The van der Waals surface area contributed by atoms with E-state index in [1.54, 1.807) is 11.0 Å². The smallest absolute Gasteiger partial charge is 0.310 e. The van der Waals surface area contributed by atoms with Gasteiger partial charge in [0.2, 0.25) is 5.91 Å². The van der Waals surface area contributed by atoms with Crippen molar-refractivity contribution in [2.24, 2.45) is 11.8 Å². The Kier molecular flexibility index (Phi) is 2.59. The standard InChI is InChI=1S/C15H12BrNO4/c16-8-1-3-9(4-2-8)17-7-15-6-5-10(21-15)11(14(19)20)12(15)13(17)18/h1-6,10-12H,7H2,(H,19,20)/t10-,11-,12+,15-/m1/s1. The number of carboxylic acids is 1. The van der Waals surface area contributed by atoms with Crippen LogP contribution in [-0.2, 0) is 14.3 Å². The molecule has 3 aliphatic rings. The number of carbonyl (C=O) groups is 2. The van der Waals surface area contributed by atoms with Crippen molar-refractivity contribution < 1.29 is 19.4 Å². The molecule has 0 radical (unpaired) electrons. The summed E-state index contributed by atoms with van der Waals surface area (Å²) in [6.45, 7) is 0.370. The van der Waals surface area contributed by atoms with Gasteiger partial charge in [0.25, 0.3) is 0 Å². The van der Waals surface area contributed by atoms with Crippen LogP contribution < -0.4 is 4.90 Å². The van der Waals surface area contributed by atoms with Crippen LogP contribution in [0.1, 0.15) is 0 Å². The molecule has 1 amide bonds. The van der Waals surface area contributed by atoms with Crippen LogP contribution in [0.2, 0.25) is 0 Å². The Hall–Kier alpha value is -1.66. The quantitative estimate of drug-likeness (QED) is 0.827. The fourth-order valence-corrected chi connectivity index (χ4v) is 3.88. The van der Waals surface area contributed by atoms with Crippen LogP contribution in [0.25, 0.3) is 0 Å². The molecule has 1 spiro atoms. The van der Waals surface area contributed by atoms with Crippen molar-refractivity contribution in [3.8, 4) is 0 Å². The van der Waals surface area contributed by atoms with E-state index in [4.69, 9.17) is 4.74 Å². The molecule has 2 bridgehead atoms. The first kappa shape index (κ1) is 13.0. The third-order valence-corrected chi connectivity index (χ3v) is 5.05. The highest BCUT2D eigenvalue weighted by molar-refractivity contribution is 9.10. The number of rotatable bonds is 2. The van der Waals surface area contributed by atoms with Crippen LogP contribution in [0.15, 0.2) is 40.9 Å². The molecular formula is C15H12BrNO4. The summed E-state index contributed by atoms with van der Waals surface area (Å²) in [6, 6.07) is 7.39. The number of carbonyl (C=O) groups excluding carboxylic acids is 1. The fraction of sp³-hybridized carbons (Fsp3) is 0.333. The fourth-order valence-electron chi connectivity index (χ4n) is 3.62. The average molecular weight is 350 g/mol. The zero-order valence-electron chi connectivity index (χ0n) is 10.9. The first-order valence-electron chi connectivity index (χ1n) is 6.69. The van der Waals surface area contributed by atoms with Gasteiger partial charge in [0.05, 0.1) is 18.6 Å². The first-order chi connectivity index (χ1) is 10.0. The maximum Gasteiger partial charge on any atom is 0.310 e. The number of anilines is 1. The van der Waals surface area contributed by atoms with E-state index >= 15 is 0 Å². The van der Waals surface area contributed by atoms with E-state index < -0.39 is 29.5 Å². The van der Waals surface area contributed by atoms with Gasteiger partial charge in [-0.3, -0.25) is 9.59 Å². The minimum atomic E-state index is -0.970. The summed E-state index contributed by atoms with van der Waals surface area (Å²) in [6.07, 6.45) is 3.15. The lowest BCUT2D eigenvalue weighted by atomic mass is 9.77. The molecule has 6 heteroatoms. The lowest BCUT2D eigenvalue weighted by Gasteiger charge is -2.21. The van der Waals surface area contributed by atoms with Crippen LogP contribution in [-0.4, -0.2) is 35.2 Å². The predicted molar refractivity (Wildman–Crippen MR) is 77.9 cm³/mol. The summed E-state index contributed by atoms with van der Waals surface area (Å²) in [4.78, 5) is 25.8. The third-order valence-electron chi connectivity index (χ3n) is 4.52. The monoisotopic (exact) mass is 349 g/mol. The molecule has 0 saturated carbocycles. The van der Waals surface area contributed by atoms with Gasteiger partial charge >= 0.3 is 5.97 Å². The Morgan fingerprint density at radius 1 is 1.38 bits per heavy atom. The van der Waals surface area contributed by atoms with Gasteiger partial charge in [-0.2, -0.15) is 0 Å². The van der Waals surface area contributed by atoms with Crippen LogP contribution in [0, 0.1) is 11.8 Å². The topological polar surface area (TPSA) is 66.8 Å². The van der Waals surface area contributed by atoms with Crippen molar-refractivity contribution in [1.29, 1.82) is 0 Å². The molecule has 2 fully saturated rings. The van der Waals surface area contributed by atoms with E-state index in [1.807, 2.05) is 30.3 Å². The number of fused-ring (bicyclic) bond motifs is 1. The summed E-state index contributed by atoms with van der Waals surface area (Å²) in [5, 5.41) is 9.40. The zero-order valence-corrected chi connectivity index (χ0v) is 12.5. The van der Waals surface area contributed by atoms with Crippen molar-refractivity contribution >= 4 is 33.5 Å². The minimum Gasteiger partial charge on any atom is -0.481 e. The molecule has 3 heterocycles. The van der Waals surface area contributed by atoms with Crippen molar-refractivity contribution in [3.63, 3.8) is 0 Å². The summed E-state index contributed by atoms with van der Waals surface area (Å²) >= 11 is 3.36. The van der Waals surface area contributed by atoms with E-state index in [-0.39, 0.29) is 5.91 Å². The van der Waals surface area contributed by atoms with Gasteiger partial charge in [-0.05, 0) is 24.3 Å². The molecule has 5 nitrogen and oxygen atoms in total. The van der Waals surface area contributed by atoms with Gasteiger partial charge in [0.15, 0.2) is 0 Å². The van der Waals surface area contributed by atoms with Gasteiger partial charge in [-0.15, -0.1) is 0 Å². The zero-order chi connectivity index (χ0) is 14.8. The molecule has 21 heavy (non-hydrogen) atoms. The molecule has 0 aliphatic carbocycles. The van der Waals surface area contributed by atoms with E-state index in [1.165, 1.54) is 0 Å². The molecule has 1 N–H and O–H groups in total. The van der Waals surface area contributed by atoms with Crippen molar-refractivity contribution in [1.82, 2.24) is 0 Å². The second-order valence-corrected chi connectivity index (χ2v) is 6.55. The number of ether oxygens (including phenoxy) is 1. The second-order valence-electron chi connectivity index (χ2n) is 5.64. The number of carboxylic acid groups (broad SMARTS) is 1. The van der Waals surface area contributed by atoms with Crippen LogP contribution in [0.3, 0.4) is 0 Å². The van der Waals surface area contributed by atoms with Crippen molar-refractivity contribution in [2.75, 3.05) is 11.4 Å². The van der Waals surface area contributed by atoms with Crippen molar-refractivity contribution in [2.45, 2.75) is 11.7 Å². The van der Waals surface area contributed by atoms with Crippen LogP contribution in [0.4, 0.5) is 5.69 Å². The van der Waals surface area contributed by atoms with Gasteiger partial charge in [-0.1, -0.05) is 28.1 Å².